The Morgan fingerprint density at radius 1 is 1.08 bits per heavy atom. The van der Waals surface area contributed by atoms with Gasteiger partial charge in [0.05, 0.1) is 11.2 Å². The Kier molecular flexibility index (Phi) is 4.81. The molecule has 2 aromatic carbocycles. The summed E-state index contributed by atoms with van der Waals surface area (Å²) in [5.41, 5.74) is 4.78. The molecule has 0 bridgehead atoms. The number of carbonyl (C=O) groups is 1. The summed E-state index contributed by atoms with van der Waals surface area (Å²) in [6.07, 6.45) is 2.79. The molecular weight excluding hydrogens is 320 g/mol. The van der Waals surface area contributed by atoms with Gasteiger partial charge in [-0.2, -0.15) is 0 Å². The molecule has 1 saturated heterocycles. The Labute approximate surface area is 154 Å². The van der Waals surface area contributed by atoms with Gasteiger partial charge < -0.3 is 5.32 Å². The molecule has 0 spiro atoms. The van der Waals surface area contributed by atoms with Crippen LogP contribution in [0.5, 0.6) is 0 Å². The van der Waals surface area contributed by atoms with Gasteiger partial charge in [0.1, 0.15) is 0 Å². The number of ketones is 1. The summed E-state index contributed by atoms with van der Waals surface area (Å²) in [6.45, 7) is 4.10. The average molecular weight is 344 g/mol. The Morgan fingerprint density at radius 3 is 2.62 bits per heavy atom. The second-order valence-electron chi connectivity index (χ2n) is 7.26. The van der Waals surface area contributed by atoms with Crippen LogP contribution >= 0.6 is 0 Å². The molecule has 2 heterocycles. The molecule has 0 saturated carbocycles. The zero-order valence-electron chi connectivity index (χ0n) is 15.2. The number of nitrogens with one attached hydrogen (secondary N) is 1. The number of hydrogen-bond acceptors (Lipinski definition) is 3. The Hall–Kier alpha value is -2.52. The van der Waals surface area contributed by atoms with Crippen molar-refractivity contribution in [2.24, 2.45) is 5.92 Å². The number of benzene rings is 2. The molecule has 3 heteroatoms. The Balaban J connectivity index is 1.77. The molecule has 1 aliphatic heterocycles. The van der Waals surface area contributed by atoms with E-state index in [1.807, 2.05) is 42.5 Å². The van der Waals surface area contributed by atoms with Crippen molar-refractivity contribution in [3.63, 3.8) is 0 Å². The lowest BCUT2D eigenvalue weighted by atomic mass is 9.89. The molecule has 1 aromatic heterocycles. The monoisotopic (exact) mass is 344 g/mol. The van der Waals surface area contributed by atoms with E-state index in [9.17, 15) is 4.79 Å². The minimum atomic E-state index is 0.243. The van der Waals surface area contributed by atoms with Crippen LogP contribution in [0.15, 0.2) is 54.6 Å². The first-order chi connectivity index (χ1) is 12.7. The van der Waals surface area contributed by atoms with Crippen LogP contribution in [0, 0.1) is 12.8 Å². The summed E-state index contributed by atoms with van der Waals surface area (Å²) >= 11 is 0. The van der Waals surface area contributed by atoms with Gasteiger partial charge in [0.25, 0.3) is 0 Å². The van der Waals surface area contributed by atoms with Crippen LogP contribution in [0.25, 0.3) is 22.2 Å². The number of pyridine rings is 1. The summed E-state index contributed by atoms with van der Waals surface area (Å²) in [5.74, 6) is 0.726. The van der Waals surface area contributed by atoms with Crippen LogP contribution in [-0.4, -0.2) is 23.9 Å². The van der Waals surface area contributed by atoms with Gasteiger partial charge >= 0.3 is 0 Å². The van der Waals surface area contributed by atoms with E-state index in [-0.39, 0.29) is 5.78 Å². The lowest BCUT2D eigenvalue weighted by molar-refractivity contribution is 0.0954. The van der Waals surface area contributed by atoms with Crippen LogP contribution < -0.4 is 5.32 Å². The van der Waals surface area contributed by atoms with Crippen molar-refractivity contribution < 1.29 is 4.79 Å². The van der Waals surface area contributed by atoms with E-state index in [0.29, 0.717) is 12.3 Å². The summed E-state index contributed by atoms with van der Waals surface area (Å²) in [7, 11) is 0. The topological polar surface area (TPSA) is 42.0 Å². The predicted molar refractivity (Wildman–Crippen MR) is 106 cm³/mol. The van der Waals surface area contributed by atoms with Gasteiger partial charge in [-0.15, -0.1) is 0 Å². The molecule has 0 aliphatic carbocycles. The molecule has 26 heavy (non-hydrogen) atoms. The van der Waals surface area contributed by atoms with Crippen LogP contribution in [0.4, 0.5) is 0 Å². The van der Waals surface area contributed by atoms with Crippen LogP contribution in [0.2, 0.25) is 0 Å². The molecule has 0 radical (unpaired) electrons. The van der Waals surface area contributed by atoms with Gasteiger partial charge in [0.2, 0.25) is 0 Å². The number of piperidine rings is 1. The maximum atomic E-state index is 13.2. The molecule has 0 atom stereocenters. The van der Waals surface area contributed by atoms with Gasteiger partial charge in [-0.3, -0.25) is 4.79 Å². The zero-order chi connectivity index (χ0) is 17.9. The third-order valence-electron chi connectivity index (χ3n) is 5.27. The van der Waals surface area contributed by atoms with Crippen molar-refractivity contribution in [1.82, 2.24) is 10.3 Å². The van der Waals surface area contributed by atoms with Gasteiger partial charge in [-0.05, 0) is 57.0 Å². The number of aromatic nitrogens is 1. The van der Waals surface area contributed by atoms with Gasteiger partial charge in [-0.1, -0.05) is 42.0 Å². The summed E-state index contributed by atoms with van der Waals surface area (Å²) < 4.78 is 0. The third-order valence-corrected chi connectivity index (χ3v) is 5.27. The van der Waals surface area contributed by atoms with Crippen molar-refractivity contribution in [2.75, 3.05) is 13.1 Å². The lowest BCUT2D eigenvalue weighted by Gasteiger charge is -2.22. The van der Waals surface area contributed by atoms with Crippen molar-refractivity contribution in [3.8, 4) is 11.3 Å². The molecule has 132 valence electrons. The largest absolute Gasteiger partial charge is 0.317 e. The lowest BCUT2D eigenvalue weighted by Crippen LogP contribution is -2.29. The summed E-state index contributed by atoms with van der Waals surface area (Å²) in [4.78, 5) is 18.0. The fourth-order valence-corrected chi connectivity index (χ4v) is 3.79. The van der Waals surface area contributed by atoms with Gasteiger partial charge in [-0.25, -0.2) is 4.98 Å². The van der Waals surface area contributed by atoms with E-state index in [0.717, 1.165) is 59.2 Å². The van der Waals surface area contributed by atoms with E-state index >= 15 is 0 Å². The number of aryl methyl sites for hydroxylation is 1. The number of fused-ring (bicyclic) bond motifs is 1. The number of nitrogens with zero attached hydrogens (tertiary/aromatic N) is 1. The minimum Gasteiger partial charge on any atom is -0.317 e. The maximum Gasteiger partial charge on any atom is 0.163 e. The maximum absolute atomic E-state index is 13.2. The zero-order valence-corrected chi connectivity index (χ0v) is 15.2. The van der Waals surface area contributed by atoms with Crippen molar-refractivity contribution in [3.05, 3.63) is 65.7 Å². The molecule has 1 fully saturated rings. The second-order valence-corrected chi connectivity index (χ2v) is 7.26. The number of hydrogen-bond donors (Lipinski definition) is 1. The fourth-order valence-electron chi connectivity index (χ4n) is 3.79. The standard InChI is InChI=1S/C23H24N2O/c1-16-7-8-21-19(13-16)20(23(26)14-17-9-11-24-12-10-17)15-22(25-21)18-5-3-2-4-6-18/h2-8,13,15,17,24H,9-12,14H2,1H3. The minimum absolute atomic E-state index is 0.243. The molecule has 3 nitrogen and oxygen atoms in total. The average Bonchev–Trinajstić information content (AvgIpc) is 2.68. The Bertz CT molecular complexity index is 928. The molecule has 4 rings (SSSR count). The molecule has 0 amide bonds. The van der Waals surface area contributed by atoms with Crippen molar-refractivity contribution in [2.45, 2.75) is 26.2 Å². The summed E-state index contributed by atoms with van der Waals surface area (Å²) in [5, 5.41) is 4.35. The molecule has 0 unspecified atom stereocenters. The van der Waals surface area contributed by atoms with Crippen LogP contribution in [0.1, 0.15) is 35.2 Å². The van der Waals surface area contributed by atoms with E-state index in [2.05, 4.69) is 24.4 Å². The highest BCUT2D eigenvalue weighted by molar-refractivity contribution is 6.08. The molecular formula is C23H24N2O. The predicted octanol–water partition coefficient (Wildman–Crippen LogP) is 4.78. The highest BCUT2D eigenvalue weighted by Gasteiger charge is 2.20. The van der Waals surface area contributed by atoms with E-state index in [1.54, 1.807) is 0 Å². The second kappa shape index (κ2) is 7.38. The highest BCUT2D eigenvalue weighted by Crippen LogP contribution is 2.28. The van der Waals surface area contributed by atoms with Crippen molar-refractivity contribution in [1.29, 1.82) is 0 Å². The quantitative estimate of drug-likeness (QED) is 0.692. The van der Waals surface area contributed by atoms with Gasteiger partial charge in [0.15, 0.2) is 5.78 Å². The third kappa shape index (κ3) is 3.54. The smallest absolute Gasteiger partial charge is 0.163 e. The molecule has 3 aromatic rings. The van der Waals surface area contributed by atoms with E-state index in [4.69, 9.17) is 4.98 Å². The SMILES string of the molecule is Cc1ccc2nc(-c3ccccc3)cc(C(=O)CC3CCNCC3)c2c1. The first-order valence-corrected chi connectivity index (χ1v) is 9.41. The Morgan fingerprint density at radius 2 is 1.85 bits per heavy atom. The fraction of sp³-hybridized carbons (Fsp3) is 0.304. The van der Waals surface area contributed by atoms with Crippen molar-refractivity contribution >= 4 is 16.7 Å². The van der Waals surface area contributed by atoms with Gasteiger partial charge in [0, 0.05) is 22.9 Å². The van der Waals surface area contributed by atoms with Crippen LogP contribution in [0.3, 0.4) is 0 Å². The number of Topliss-reactive ketones (excluding diaryl/α,β-unsaturated/α-hetero) is 1. The number of carbonyl (C=O) groups excluding carboxylic acids is 1. The summed E-state index contributed by atoms with van der Waals surface area (Å²) in [6, 6.07) is 18.3. The highest BCUT2D eigenvalue weighted by atomic mass is 16.1. The normalized spacial score (nSPS) is 15.3. The van der Waals surface area contributed by atoms with E-state index in [1.165, 1.54) is 0 Å². The first kappa shape index (κ1) is 16.9. The first-order valence-electron chi connectivity index (χ1n) is 9.41. The van der Waals surface area contributed by atoms with E-state index < -0.39 is 0 Å². The molecule has 1 aliphatic rings. The van der Waals surface area contributed by atoms with Crippen LogP contribution in [-0.2, 0) is 0 Å². The number of rotatable bonds is 4. The molecule has 1 N–H and O–H groups in total.